The van der Waals surface area contributed by atoms with Crippen molar-refractivity contribution in [2.45, 2.75) is 6.54 Å². The first-order valence-electron chi connectivity index (χ1n) is 4.79. The van der Waals surface area contributed by atoms with Gasteiger partial charge in [-0.05, 0) is 24.3 Å². The van der Waals surface area contributed by atoms with Crippen molar-refractivity contribution in [2.24, 2.45) is 0 Å². The van der Waals surface area contributed by atoms with Crippen LogP contribution in [0.2, 0.25) is 5.02 Å². The van der Waals surface area contributed by atoms with Gasteiger partial charge < -0.3 is 11.1 Å². The fourth-order valence-electron chi connectivity index (χ4n) is 1.28. The molecule has 1 heterocycles. The molecule has 2 rings (SSSR count). The molecule has 0 spiro atoms. The maximum absolute atomic E-state index is 6.02. The summed E-state index contributed by atoms with van der Waals surface area (Å²) in [6.07, 6.45) is 3.22. The third-order valence-corrected chi connectivity index (χ3v) is 2.41. The molecule has 5 heteroatoms. The molecule has 0 aliphatic heterocycles. The van der Waals surface area contributed by atoms with Crippen molar-refractivity contribution in [2.75, 3.05) is 11.1 Å². The summed E-state index contributed by atoms with van der Waals surface area (Å²) in [4.78, 5) is 7.95. The summed E-state index contributed by atoms with van der Waals surface area (Å²) in [5.41, 5.74) is 8.00. The number of anilines is 2. The lowest BCUT2D eigenvalue weighted by Gasteiger charge is -2.08. The highest BCUT2D eigenvalue weighted by Gasteiger charge is 2.00. The summed E-state index contributed by atoms with van der Waals surface area (Å²) in [5, 5.41) is 3.78. The van der Waals surface area contributed by atoms with Crippen LogP contribution in [0.25, 0.3) is 0 Å². The van der Waals surface area contributed by atoms with Gasteiger partial charge in [0.15, 0.2) is 0 Å². The molecule has 0 fully saturated rings. The van der Waals surface area contributed by atoms with Gasteiger partial charge in [-0.2, -0.15) is 0 Å². The molecule has 0 aliphatic carbocycles. The van der Waals surface area contributed by atoms with E-state index in [1.807, 2.05) is 12.1 Å². The van der Waals surface area contributed by atoms with Crippen molar-refractivity contribution in [3.05, 3.63) is 47.5 Å². The maximum atomic E-state index is 6.02. The van der Waals surface area contributed by atoms with E-state index in [0.29, 0.717) is 17.3 Å². The molecule has 0 bridgehead atoms. The molecule has 0 saturated heterocycles. The molecule has 1 aromatic heterocycles. The topological polar surface area (TPSA) is 63.8 Å². The molecule has 0 aliphatic rings. The Labute approximate surface area is 98.5 Å². The number of halogens is 1. The molecule has 2 aromatic rings. The third kappa shape index (κ3) is 2.61. The number of nitrogens with zero attached hydrogens (tertiary/aromatic N) is 2. The van der Waals surface area contributed by atoms with E-state index in [1.54, 1.807) is 18.3 Å². The lowest BCUT2D eigenvalue weighted by molar-refractivity contribution is 1.01. The van der Waals surface area contributed by atoms with E-state index in [2.05, 4.69) is 15.3 Å². The Bertz CT molecular complexity index is 473. The average molecular weight is 235 g/mol. The normalized spacial score (nSPS) is 10.1. The van der Waals surface area contributed by atoms with E-state index in [9.17, 15) is 0 Å². The van der Waals surface area contributed by atoms with Crippen LogP contribution in [0.4, 0.5) is 11.4 Å². The summed E-state index contributed by atoms with van der Waals surface area (Å²) in [6.45, 7) is 0.603. The molecule has 4 nitrogen and oxygen atoms in total. The summed E-state index contributed by atoms with van der Waals surface area (Å²) in [6, 6.07) is 7.20. The zero-order chi connectivity index (χ0) is 11.4. The lowest BCUT2D eigenvalue weighted by Crippen LogP contribution is -2.02. The monoisotopic (exact) mass is 234 g/mol. The Morgan fingerprint density at radius 2 is 2.19 bits per heavy atom. The van der Waals surface area contributed by atoms with E-state index in [0.717, 1.165) is 11.4 Å². The molecular weight excluding hydrogens is 224 g/mol. The molecule has 0 amide bonds. The van der Waals surface area contributed by atoms with Gasteiger partial charge in [-0.15, -0.1) is 0 Å². The second kappa shape index (κ2) is 4.81. The van der Waals surface area contributed by atoms with E-state index in [4.69, 9.17) is 17.3 Å². The smallest absolute Gasteiger partial charge is 0.115 e. The minimum Gasteiger partial charge on any atom is -0.399 e. The van der Waals surface area contributed by atoms with Gasteiger partial charge in [0.05, 0.1) is 22.9 Å². The highest BCUT2D eigenvalue weighted by Crippen LogP contribution is 2.24. The van der Waals surface area contributed by atoms with Crippen LogP contribution in [0.3, 0.4) is 0 Å². The quantitative estimate of drug-likeness (QED) is 0.800. The van der Waals surface area contributed by atoms with Crippen LogP contribution in [0.15, 0.2) is 36.8 Å². The number of rotatable bonds is 3. The molecule has 0 atom stereocenters. The predicted octanol–water partition coefficient (Wildman–Crippen LogP) is 2.32. The average Bonchev–Trinajstić information content (AvgIpc) is 2.29. The number of hydrogen-bond acceptors (Lipinski definition) is 4. The van der Waals surface area contributed by atoms with E-state index >= 15 is 0 Å². The largest absolute Gasteiger partial charge is 0.399 e. The minimum atomic E-state index is 0.603. The lowest BCUT2D eigenvalue weighted by atomic mass is 10.3. The van der Waals surface area contributed by atoms with Gasteiger partial charge in [0.1, 0.15) is 6.33 Å². The molecule has 3 N–H and O–H groups in total. The predicted molar refractivity (Wildman–Crippen MR) is 65.2 cm³/mol. The molecule has 0 radical (unpaired) electrons. The number of nitrogens with two attached hydrogens (primary N) is 1. The van der Waals surface area contributed by atoms with Gasteiger partial charge in [-0.3, -0.25) is 0 Å². The number of nitrogens with one attached hydrogen (secondary N) is 1. The fraction of sp³-hybridized carbons (Fsp3) is 0.0909. The Morgan fingerprint density at radius 3 is 2.88 bits per heavy atom. The Kier molecular flexibility index (Phi) is 3.22. The molecular formula is C11H11ClN4. The molecule has 16 heavy (non-hydrogen) atoms. The number of nitrogen functional groups attached to an aromatic ring is 1. The second-order valence-electron chi connectivity index (χ2n) is 3.29. The van der Waals surface area contributed by atoms with Crippen LogP contribution in [-0.2, 0) is 6.54 Å². The van der Waals surface area contributed by atoms with Crippen molar-refractivity contribution >= 4 is 23.0 Å². The van der Waals surface area contributed by atoms with Crippen LogP contribution < -0.4 is 11.1 Å². The van der Waals surface area contributed by atoms with Gasteiger partial charge in [0.2, 0.25) is 0 Å². The van der Waals surface area contributed by atoms with Crippen molar-refractivity contribution in [1.29, 1.82) is 0 Å². The third-order valence-electron chi connectivity index (χ3n) is 2.10. The fourth-order valence-corrected chi connectivity index (χ4v) is 1.54. The SMILES string of the molecule is Nc1ccc(NCc2ccncn2)c(Cl)c1. The summed E-state index contributed by atoms with van der Waals surface area (Å²) >= 11 is 6.02. The van der Waals surface area contributed by atoms with E-state index in [-0.39, 0.29) is 0 Å². The second-order valence-corrected chi connectivity index (χ2v) is 3.70. The van der Waals surface area contributed by atoms with E-state index in [1.165, 1.54) is 6.33 Å². The van der Waals surface area contributed by atoms with Crippen molar-refractivity contribution in [3.8, 4) is 0 Å². The van der Waals surface area contributed by atoms with Crippen LogP contribution in [-0.4, -0.2) is 9.97 Å². The summed E-state index contributed by atoms with van der Waals surface area (Å²) in [7, 11) is 0. The number of benzene rings is 1. The molecule has 82 valence electrons. The Balaban J connectivity index is 2.05. The van der Waals surface area contributed by atoms with Crippen LogP contribution >= 0.6 is 11.6 Å². The van der Waals surface area contributed by atoms with Gasteiger partial charge in [0.25, 0.3) is 0 Å². The summed E-state index contributed by atoms with van der Waals surface area (Å²) in [5.74, 6) is 0. The standard InChI is InChI=1S/C11H11ClN4/c12-10-5-8(13)1-2-11(10)15-6-9-3-4-14-7-16-9/h1-5,7,15H,6,13H2. The highest BCUT2D eigenvalue weighted by molar-refractivity contribution is 6.33. The molecule has 0 saturated carbocycles. The van der Waals surface area contributed by atoms with Crippen LogP contribution in [0.5, 0.6) is 0 Å². The maximum Gasteiger partial charge on any atom is 0.115 e. The van der Waals surface area contributed by atoms with Crippen LogP contribution in [0, 0.1) is 0 Å². The summed E-state index contributed by atoms with van der Waals surface area (Å²) < 4.78 is 0. The van der Waals surface area contributed by atoms with Crippen molar-refractivity contribution < 1.29 is 0 Å². The first-order chi connectivity index (χ1) is 7.75. The Hall–Kier alpha value is -1.81. The molecule has 0 unspecified atom stereocenters. The number of aromatic nitrogens is 2. The zero-order valence-corrected chi connectivity index (χ0v) is 9.28. The molecule has 1 aromatic carbocycles. The first-order valence-corrected chi connectivity index (χ1v) is 5.17. The van der Waals surface area contributed by atoms with Crippen LogP contribution in [0.1, 0.15) is 5.69 Å². The van der Waals surface area contributed by atoms with E-state index < -0.39 is 0 Å². The van der Waals surface area contributed by atoms with Gasteiger partial charge in [-0.1, -0.05) is 11.6 Å². The first kappa shape index (κ1) is 10.7. The van der Waals surface area contributed by atoms with Gasteiger partial charge in [-0.25, -0.2) is 9.97 Å². The minimum absolute atomic E-state index is 0.603. The Morgan fingerprint density at radius 1 is 1.31 bits per heavy atom. The van der Waals surface area contributed by atoms with Crippen molar-refractivity contribution in [1.82, 2.24) is 9.97 Å². The van der Waals surface area contributed by atoms with Crippen molar-refractivity contribution in [3.63, 3.8) is 0 Å². The number of hydrogen-bond donors (Lipinski definition) is 2. The van der Waals surface area contributed by atoms with Gasteiger partial charge in [0, 0.05) is 11.9 Å². The highest BCUT2D eigenvalue weighted by atomic mass is 35.5. The van der Waals surface area contributed by atoms with Gasteiger partial charge >= 0.3 is 0 Å². The zero-order valence-electron chi connectivity index (χ0n) is 8.52.